The maximum absolute atomic E-state index is 12.8. The summed E-state index contributed by atoms with van der Waals surface area (Å²) < 4.78 is 10.2. The van der Waals surface area contributed by atoms with E-state index in [-0.39, 0.29) is 5.91 Å². The lowest BCUT2D eigenvalue weighted by Gasteiger charge is -2.10. The van der Waals surface area contributed by atoms with Crippen LogP contribution in [0.3, 0.4) is 0 Å². The lowest BCUT2D eigenvalue weighted by Crippen LogP contribution is -2.13. The molecule has 0 bridgehead atoms. The maximum Gasteiger partial charge on any atom is 0.336 e. The second-order valence-electron chi connectivity index (χ2n) is 5.98. The summed E-state index contributed by atoms with van der Waals surface area (Å²) in [5, 5.41) is 7.38. The minimum Gasteiger partial charge on any atom is -0.423 e. The molecule has 2 aromatic carbocycles. The summed E-state index contributed by atoms with van der Waals surface area (Å²) in [6.07, 6.45) is 0. The zero-order valence-electron chi connectivity index (χ0n) is 14.8. The van der Waals surface area contributed by atoms with Crippen molar-refractivity contribution in [2.45, 2.75) is 17.6 Å². The maximum atomic E-state index is 12.8. The molecule has 0 atom stereocenters. The van der Waals surface area contributed by atoms with Crippen molar-refractivity contribution in [1.29, 1.82) is 0 Å². The number of aryl methyl sites for hydroxylation is 1. The van der Waals surface area contributed by atoms with Crippen LogP contribution in [0.1, 0.15) is 22.1 Å². The second-order valence-corrected chi connectivity index (χ2v) is 7.00. The molecule has 7 nitrogen and oxygen atoms in total. The van der Waals surface area contributed by atoms with Gasteiger partial charge in [0, 0.05) is 22.0 Å². The van der Waals surface area contributed by atoms with Crippen LogP contribution < -0.4 is 10.9 Å². The smallest absolute Gasteiger partial charge is 0.336 e. The van der Waals surface area contributed by atoms with E-state index < -0.39 is 5.63 Å². The van der Waals surface area contributed by atoms with Crippen LogP contribution in [0.25, 0.3) is 11.0 Å². The SMILES string of the molecule is Cc1noc(CSc2ccccc2C(=O)Nc2ccc3oc(=O)ccc3c2)n1. The van der Waals surface area contributed by atoms with Gasteiger partial charge in [0.2, 0.25) is 5.89 Å². The number of fused-ring (bicyclic) bond motifs is 1. The molecule has 0 aliphatic heterocycles. The quantitative estimate of drug-likeness (QED) is 0.404. The highest BCUT2D eigenvalue weighted by Gasteiger charge is 2.13. The van der Waals surface area contributed by atoms with E-state index in [1.54, 1.807) is 37.3 Å². The molecule has 0 fully saturated rings. The minimum absolute atomic E-state index is 0.235. The zero-order chi connectivity index (χ0) is 19.5. The fraction of sp³-hybridized carbons (Fsp3) is 0.100. The monoisotopic (exact) mass is 393 g/mol. The third-order valence-corrected chi connectivity index (χ3v) is 4.99. The number of carbonyl (C=O) groups excluding carboxylic acids is 1. The van der Waals surface area contributed by atoms with Gasteiger partial charge in [-0.3, -0.25) is 4.79 Å². The topological polar surface area (TPSA) is 98.2 Å². The number of thioether (sulfide) groups is 1. The van der Waals surface area contributed by atoms with Crippen molar-refractivity contribution in [3.05, 3.63) is 82.3 Å². The largest absolute Gasteiger partial charge is 0.423 e. The molecule has 140 valence electrons. The first-order valence-electron chi connectivity index (χ1n) is 8.45. The molecule has 0 radical (unpaired) electrons. The van der Waals surface area contributed by atoms with E-state index in [1.807, 2.05) is 18.2 Å². The molecule has 0 saturated carbocycles. The van der Waals surface area contributed by atoms with Crippen molar-refractivity contribution in [1.82, 2.24) is 10.1 Å². The van der Waals surface area contributed by atoms with E-state index in [0.29, 0.717) is 34.3 Å². The number of hydrogen-bond acceptors (Lipinski definition) is 7. The summed E-state index contributed by atoms with van der Waals surface area (Å²) in [7, 11) is 0. The van der Waals surface area contributed by atoms with Gasteiger partial charge in [0.25, 0.3) is 5.91 Å². The van der Waals surface area contributed by atoms with Crippen molar-refractivity contribution < 1.29 is 13.7 Å². The summed E-state index contributed by atoms with van der Waals surface area (Å²) in [5.74, 6) is 1.32. The molecular formula is C20H15N3O4S. The number of nitrogens with one attached hydrogen (secondary N) is 1. The zero-order valence-corrected chi connectivity index (χ0v) is 15.7. The van der Waals surface area contributed by atoms with Crippen molar-refractivity contribution in [3.8, 4) is 0 Å². The molecule has 2 aromatic heterocycles. The van der Waals surface area contributed by atoms with Crippen molar-refractivity contribution >= 4 is 34.3 Å². The summed E-state index contributed by atoms with van der Waals surface area (Å²) >= 11 is 1.45. The van der Waals surface area contributed by atoms with E-state index in [0.717, 1.165) is 10.3 Å². The Morgan fingerprint density at radius 3 is 2.82 bits per heavy atom. The molecule has 1 N–H and O–H groups in total. The molecule has 8 heteroatoms. The van der Waals surface area contributed by atoms with E-state index in [9.17, 15) is 9.59 Å². The Balaban J connectivity index is 1.53. The Morgan fingerprint density at radius 2 is 2.00 bits per heavy atom. The van der Waals surface area contributed by atoms with Gasteiger partial charge < -0.3 is 14.3 Å². The molecule has 0 unspecified atom stereocenters. The molecular weight excluding hydrogens is 378 g/mol. The summed E-state index contributed by atoms with van der Waals surface area (Å²) in [6.45, 7) is 1.76. The van der Waals surface area contributed by atoms with Crippen molar-refractivity contribution in [2.75, 3.05) is 5.32 Å². The van der Waals surface area contributed by atoms with Crippen LogP contribution in [0, 0.1) is 6.92 Å². The van der Waals surface area contributed by atoms with Crippen LogP contribution in [0.4, 0.5) is 5.69 Å². The highest BCUT2D eigenvalue weighted by molar-refractivity contribution is 7.98. The van der Waals surface area contributed by atoms with E-state index in [1.165, 1.54) is 17.8 Å². The Morgan fingerprint density at radius 1 is 1.14 bits per heavy atom. The third-order valence-electron chi connectivity index (χ3n) is 3.93. The molecule has 1 amide bonds. The Kier molecular flexibility index (Phi) is 4.94. The van der Waals surface area contributed by atoms with Crippen LogP contribution in [0.2, 0.25) is 0 Å². The molecule has 4 aromatic rings. The Labute approximate surface area is 163 Å². The Bertz CT molecular complexity index is 1220. The highest BCUT2D eigenvalue weighted by atomic mass is 32.2. The molecule has 0 aliphatic rings. The Hall–Kier alpha value is -3.39. The van der Waals surface area contributed by atoms with E-state index in [2.05, 4.69) is 15.5 Å². The molecule has 0 saturated heterocycles. The first-order valence-corrected chi connectivity index (χ1v) is 9.43. The number of anilines is 1. The van der Waals surface area contributed by atoms with Crippen molar-refractivity contribution in [2.24, 2.45) is 0 Å². The fourth-order valence-electron chi connectivity index (χ4n) is 2.67. The summed E-state index contributed by atoms with van der Waals surface area (Å²) in [6, 6.07) is 15.4. The average molecular weight is 393 g/mol. The van der Waals surface area contributed by atoms with Gasteiger partial charge in [-0.05, 0) is 43.3 Å². The number of hydrogen-bond donors (Lipinski definition) is 1. The average Bonchev–Trinajstić information content (AvgIpc) is 3.12. The van der Waals surface area contributed by atoms with Crippen LogP contribution >= 0.6 is 11.8 Å². The van der Waals surface area contributed by atoms with Gasteiger partial charge in [0.15, 0.2) is 5.82 Å². The summed E-state index contributed by atoms with van der Waals surface area (Å²) in [4.78, 5) is 29.1. The van der Waals surface area contributed by atoms with E-state index >= 15 is 0 Å². The normalized spacial score (nSPS) is 10.9. The third kappa shape index (κ3) is 3.96. The predicted octanol–water partition coefficient (Wildman–Crippen LogP) is 4.03. The molecule has 4 rings (SSSR count). The van der Waals surface area contributed by atoms with Gasteiger partial charge in [-0.15, -0.1) is 11.8 Å². The second kappa shape index (κ2) is 7.69. The van der Waals surface area contributed by atoms with Gasteiger partial charge >= 0.3 is 5.63 Å². The standard InChI is InChI=1S/C20H15N3O4S/c1-12-21-18(27-23-12)11-28-17-5-3-2-4-15(17)20(25)22-14-7-8-16-13(10-14)6-9-19(24)26-16/h2-10H,11H2,1H3,(H,22,25). The number of nitrogens with zero attached hydrogens (tertiary/aromatic N) is 2. The summed E-state index contributed by atoms with van der Waals surface area (Å²) in [5.41, 5.74) is 1.21. The number of benzene rings is 2. The van der Waals surface area contributed by atoms with Crippen LogP contribution in [0.15, 0.2) is 73.2 Å². The van der Waals surface area contributed by atoms with E-state index in [4.69, 9.17) is 8.94 Å². The van der Waals surface area contributed by atoms with Gasteiger partial charge in [0.1, 0.15) is 5.58 Å². The minimum atomic E-state index is -0.410. The first-order chi connectivity index (χ1) is 13.6. The molecule has 0 spiro atoms. The van der Waals surface area contributed by atoms with Crippen LogP contribution in [-0.2, 0) is 5.75 Å². The fourth-order valence-corrected chi connectivity index (χ4v) is 3.55. The molecule has 28 heavy (non-hydrogen) atoms. The number of rotatable bonds is 5. The molecule has 2 heterocycles. The highest BCUT2D eigenvalue weighted by Crippen LogP contribution is 2.27. The van der Waals surface area contributed by atoms with Gasteiger partial charge in [-0.1, -0.05) is 17.3 Å². The first kappa shape index (κ1) is 18.0. The lowest BCUT2D eigenvalue weighted by atomic mass is 10.2. The lowest BCUT2D eigenvalue weighted by molar-refractivity contribution is 0.102. The van der Waals surface area contributed by atoms with Crippen molar-refractivity contribution in [3.63, 3.8) is 0 Å². The van der Waals surface area contributed by atoms with Gasteiger partial charge in [-0.2, -0.15) is 4.98 Å². The molecule has 0 aliphatic carbocycles. The number of carbonyl (C=O) groups is 1. The van der Waals surface area contributed by atoms with Crippen LogP contribution in [0.5, 0.6) is 0 Å². The van der Waals surface area contributed by atoms with Crippen LogP contribution in [-0.4, -0.2) is 16.0 Å². The number of aromatic nitrogens is 2. The predicted molar refractivity (Wildman–Crippen MR) is 105 cm³/mol. The van der Waals surface area contributed by atoms with Gasteiger partial charge in [0.05, 0.1) is 11.3 Å². The number of amides is 1. The van der Waals surface area contributed by atoms with Gasteiger partial charge in [-0.25, -0.2) is 4.79 Å².